The summed E-state index contributed by atoms with van der Waals surface area (Å²) in [6.07, 6.45) is 3.93. The smallest absolute Gasteiger partial charge is 0.142 e. The number of anilines is 1. The van der Waals surface area contributed by atoms with Crippen LogP contribution in [-0.4, -0.2) is 57.4 Å². The molecule has 6 heteroatoms. The number of nitrogens with zero attached hydrogens (tertiary/aromatic N) is 3. The largest absolute Gasteiger partial charge is 0.497 e. The number of benzene rings is 3. The number of rotatable bonds is 9. The molecule has 1 aliphatic rings. The molecule has 5 rings (SSSR count). The van der Waals surface area contributed by atoms with Gasteiger partial charge >= 0.3 is 0 Å². The zero-order chi connectivity index (χ0) is 26.3. The van der Waals surface area contributed by atoms with Crippen LogP contribution in [0.4, 0.5) is 5.69 Å². The van der Waals surface area contributed by atoms with Gasteiger partial charge in [-0.15, -0.1) is 0 Å². The molecule has 1 aromatic heterocycles. The standard InChI is InChI=1S/C32H35N3O3/c1-36-27-12-8-24(9-13-27)32(25-10-14-28(37-2)15-11-25)29-22-33-17-16-26(29)23-34-18-20-35(21-19-34)30-6-4-5-7-31(30)38-3/h4-17,22,32H,18-21,23H2,1-3H3. The third-order valence-electron chi connectivity index (χ3n) is 7.35. The Hall–Kier alpha value is -4.03. The summed E-state index contributed by atoms with van der Waals surface area (Å²) in [4.78, 5) is 9.51. The first-order chi connectivity index (χ1) is 18.7. The number of hydrogen-bond acceptors (Lipinski definition) is 6. The Morgan fingerprint density at radius 2 is 1.32 bits per heavy atom. The van der Waals surface area contributed by atoms with E-state index < -0.39 is 0 Å². The van der Waals surface area contributed by atoms with E-state index in [-0.39, 0.29) is 5.92 Å². The van der Waals surface area contributed by atoms with Gasteiger partial charge in [0.2, 0.25) is 0 Å². The van der Waals surface area contributed by atoms with E-state index in [1.165, 1.54) is 27.9 Å². The number of hydrogen-bond donors (Lipinski definition) is 0. The maximum absolute atomic E-state index is 5.60. The van der Waals surface area contributed by atoms with Gasteiger partial charge in [-0.05, 0) is 64.7 Å². The van der Waals surface area contributed by atoms with E-state index in [0.29, 0.717) is 0 Å². The van der Waals surface area contributed by atoms with Crippen molar-refractivity contribution in [3.63, 3.8) is 0 Å². The highest BCUT2D eigenvalue weighted by Crippen LogP contribution is 2.36. The Bertz CT molecular complexity index is 1270. The van der Waals surface area contributed by atoms with E-state index in [1.807, 2.05) is 48.8 Å². The van der Waals surface area contributed by atoms with Crippen LogP contribution in [0.2, 0.25) is 0 Å². The summed E-state index contributed by atoms with van der Waals surface area (Å²) < 4.78 is 16.4. The van der Waals surface area contributed by atoms with Crippen molar-refractivity contribution < 1.29 is 14.2 Å². The molecule has 3 aromatic carbocycles. The Balaban J connectivity index is 1.40. The molecule has 2 heterocycles. The van der Waals surface area contributed by atoms with Gasteiger partial charge in [0.25, 0.3) is 0 Å². The molecule has 0 aliphatic carbocycles. The number of ether oxygens (including phenoxy) is 3. The van der Waals surface area contributed by atoms with Gasteiger partial charge in [0.15, 0.2) is 0 Å². The van der Waals surface area contributed by atoms with Crippen molar-refractivity contribution in [2.45, 2.75) is 12.5 Å². The van der Waals surface area contributed by atoms with Crippen molar-refractivity contribution in [1.29, 1.82) is 0 Å². The highest BCUT2D eigenvalue weighted by molar-refractivity contribution is 5.58. The Morgan fingerprint density at radius 1 is 0.711 bits per heavy atom. The molecule has 0 saturated carbocycles. The second kappa shape index (κ2) is 12.0. The molecule has 0 amide bonds. The quantitative estimate of drug-likeness (QED) is 0.292. The number of para-hydroxylation sites is 2. The fourth-order valence-electron chi connectivity index (χ4n) is 5.26. The van der Waals surface area contributed by atoms with Crippen molar-refractivity contribution in [1.82, 2.24) is 9.88 Å². The monoisotopic (exact) mass is 509 g/mol. The van der Waals surface area contributed by atoms with Crippen molar-refractivity contribution in [2.24, 2.45) is 0 Å². The van der Waals surface area contributed by atoms with Gasteiger partial charge in [-0.25, -0.2) is 0 Å². The van der Waals surface area contributed by atoms with Crippen LogP contribution in [-0.2, 0) is 6.54 Å². The summed E-state index contributed by atoms with van der Waals surface area (Å²) in [5.74, 6) is 2.67. The molecule has 0 bridgehead atoms. The summed E-state index contributed by atoms with van der Waals surface area (Å²) in [5, 5.41) is 0. The van der Waals surface area contributed by atoms with Gasteiger partial charge in [-0.3, -0.25) is 9.88 Å². The zero-order valence-corrected chi connectivity index (χ0v) is 22.3. The van der Waals surface area contributed by atoms with Crippen LogP contribution in [0.15, 0.2) is 91.3 Å². The average molecular weight is 510 g/mol. The van der Waals surface area contributed by atoms with E-state index in [2.05, 4.69) is 57.2 Å². The van der Waals surface area contributed by atoms with Gasteiger partial charge in [-0.2, -0.15) is 0 Å². The molecule has 0 spiro atoms. The zero-order valence-electron chi connectivity index (χ0n) is 22.3. The van der Waals surface area contributed by atoms with E-state index in [1.54, 1.807) is 21.3 Å². The molecule has 1 saturated heterocycles. The maximum Gasteiger partial charge on any atom is 0.142 e. The molecule has 1 aliphatic heterocycles. The van der Waals surface area contributed by atoms with E-state index in [4.69, 9.17) is 14.2 Å². The minimum atomic E-state index is 0.0466. The normalized spacial score (nSPS) is 13.9. The fraction of sp³-hybridized carbons (Fsp3) is 0.281. The van der Waals surface area contributed by atoms with Gasteiger partial charge in [-0.1, -0.05) is 36.4 Å². The predicted molar refractivity (Wildman–Crippen MR) is 152 cm³/mol. The van der Waals surface area contributed by atoms with Crippen LogP contribution in [0.1, 0.15) is 28.2 Å². The molecular weight excluding hydrogens is 474 g/mol. The van der Waals surface area contributed by atoms with Crippen molar-refractivity contribution >= 4 is 5.69 Å². The number of aromatic nitrogens is 1. The fourth-order valence-corrected chi connectivity index (χ4v) is 5.26. The number of pyridine rings is 1. The molecule has 6 nitrogen and oxygen atoms in total. The maximum atomic E-state index is 5.60. The third-order valence-corrected chi connectivity index (χ3v) is 7.35. The van der Waals surface area contributed by atoms with Crippen molar-refractivity contribution in [3.8, 4) is 17.2 Å². The molecule has 0 atom stereocenters. The molecule has 38 heavy (non-hydrogen) atoms. The van der Waals surface area contributed by atoms with Gasteiger partial charge in [0, 0.05) is 51.0 Å². The molecule has 0 unspecified atom stereocenters. The number of piperazine rings is 1. The molecule has 0 N–H and O–H groups in total. The molecule has 0 radical (unpaired) electrons. The molecule has 4 aromatic rings. The van der Waals surface area contributed by atoms with Crippen LogP contribution in [0.25, 0.3) is 0 Å². The van der Waals surface area contributed by atoms with Crippen LogP contribution < -0.4 is 19.1 Å². The van der Waals surface area contributed by atoms with Crippen molar-refractivity contribution in [2.75, 3.05) is 52.4 Å². The first-order valence-electron chi connectivity index (χ1n) is 13.0. The lowest BCUT2D eigenvalue weighted by Gasteiger charge is -2.37. The van der Waals surface area contributed by atoms with E-state index in [0.717, 1.165) is 50.0 Å². The van der Waals surface area contributed by atoms with Crippen molar-refractivity contribution in [3.05, 3.63) is 114 Å². The van der Waals surface area contributed by atoms with Crippen LogP contribution in [0.5, 0.6) is 17.2 Å². The number of methoxy groups -OCH3 is 3. The highest BCUT2D eigenvalue weighted by atomic mass is 16.5. The lowest BCUT2D eigenvalue weighted by atomic mass is 9.83. The van der Waals surface area contributed by atoms with Crippen LogP contribution in [0.3, 0.4) is 0 Å². The van der Waals surface area contributed by atoms with Crippen LogP contribution >= 0.6 is 0 Å². The molecular formula is C32H35N3O3. The summed E-state index contributed by atoms with van der Waals surface area (Å²) in [6, 6.07) is 27.1. The first-order valence-corrected chi connectivity index (χ1v) is 13.0. The Labute approximate surface area is 225 Å². The van der Waals surface area contributed by atoms with Crippen LogP contribution in [0, 0.1) is 0 Å². The third kappa shape index (κ3) is 5.60. The highest BCUT2D eigenvalue weighted by Gasteiger charge is 2.24. The topological polar surface area (TPSA) is 47.1 Å². The minimum absolute atomic E-state index is 0.0466. The summed E-state index contributed by atoms with van der Waals surface area (Å²) >= 11 is 0. The van der Waals surface area contributed by atoms with Gasteiger partial charge in [0.05, 0.1) is 27.0 Å². The van der Waals surface area contributed by atoms with E-state index >= 15 is 0 Å². The Morgan fingerprint density at radius 3 is 1.89 bits per heavy atom. The summed E-state index contributed by atoms with van der Waals surface area (Å²) in [5.41, 5.74) is 6.08. The second-order valence-electron chi connectivity index (χ2n) is 9.49. The van der Waals surface area contributed by atoms with Gasteiger partial charge in [0.1, 0.15) is 17.2 Å². The SMILES string of the molecule is COc1ccc(C(c2ccc(OC)cc2)c2cnccc2CN2CCN(c3ccccc3OC)CC2)cc1. The lowest BCUT2D eigenvalue weighted by molar-refractivity contribution is 0.248. The first kappa shape index (κ1) is 25.6. The summed E-state index contributed by atoms with van der Waals surface area (Å²) in [6.45, 7) is 4.76. The van der Waals surface area contributed by atoms with Gasteiger partial charge < -0.3 is 19.1 Å². The lowest BCUT2D eigenvalue weighted by Crippen LogP contribution is -2.46. The second-order valence-corrected chi connectivity index (χ2v) is 9.49. The van der Waals surface area contributed by atoms with E-state index in [9.17, 15) is 0 Å². The average Bonchev–Trinajstić information content (AvgIpc) is 2.99. The Kier molecular flexibility index (Phi) is 8.09. The molecule has 1 fully saturated rings. The summed E-state index contributed by atoms with van der Waals surface area (Å²) in [7, 11) is 5.13. The minimum Gasteiger partial charge on any atom is -0.497 e. The molecule has 196 valence electrons. The predicted octanol–water partition coefficient (Wildman–Crippen LogP) is 5.61.